The van der Waals surface area contributed by atoms with Crippen molar-refractivity contribution in [1.29, 1.82) is 0 Å². The summed E-state index contributed by atoms with van der Waals surface area (Å²) in [6.45, 7) is 13.5. The van der Waals surface area contributed by atoms with Crippen molar-refractivity contribution >= 4 is 17.4 Å². The average molecular weight is 312 g/mol. The third-order valence-electron chi connectivity index (χ3n) is 3.02. The minimum atomic E-state index is -0.439. The smallest absolute Gasteiger partial charge is 0.407 e. The summed E-state index contributed by atoms with van der Waals surface area (Å²) in [5, 5.41) is 6.26. The number of amides is 1. The molecule has 2 N–H and O–H groups in total. The average Bonchev–Trinajstić information content (AvgIpc) is 2.65. The van der Waals surface area contributed by atoms with Crippen LogP contribution in [-0.2, 0) is 4.74 Å². The standard InChI is InChI=1S/C16H28N2O2S/c1-11-10-14(13(3)21-11)12(2)17-8-7-9-18-15(19)20-16(4,5)6/h10,12,17H,7-9H2,1-6H3,(H,18,19). The normalized spacial score (nSPS) is 13.0. The van der Waals surface area contributed by atoms with Crippen molar-refractivity contribution in [3.63, 3.8) is 0 Å². The number of thiophene rings is 1. The number of rotatable bonds is 6. The van der Waals surface area contributed by atoms with Gasteiger partial charge in [0.1, 0.15) is 5.60 Å². The van der Waals surface area contributed by atoms with Gasteiger partial charge in [-0.25, -0.2) is 4.79 Å². The Labute approximate surface area is 132 Å². The Morgan fingerprint density at radius 3 is 2.52 bits per heavy atom. The molecule has 0 saturated heterocycles. The predicted molar refractivity (Wildman–Crippen MR) is 89.1 cm³/mol. The van der Waals surface area contributed by atoms with Crippen LogP contribution < -0.4 is 10.6 Å². The van der Waals surface area contributed by atoms with Crippen molar-refractivity contribution in [2.75, 3.05) is 13.1 Å². The molecule has 0 aromatic carbocycles. The van der Waals surface area contributed by atoms with Gasteiger partial charge >= 0.3 is 6.09 Å². The van der Waals surface area contributed by atoms with E-state index in [2.05, 4.69) is 37.5 Å². The maximum atomic E-state index is 11.5. The van der Waals surface area contributed by atoms with E-state index in [4.69, 9.17) is 4.74 Å². The zero-order valence-electron chi connectivity index (χ0n) is 14.0. The van der Waals surface area contributed by atoms with Gasteiger partial charge in [0.2, 0.25) is 0 Å². The van der Waals surface area contributed by atoms with Crippen molar-refractivity contribution in [2.24, 2.45) is 0 Å². The number of aryl methyl sites for hydroxylation is 2. The highest BCUT2D eigenvalue weighted by molar-refractivity contribution is 7.12. The van der Waals surface area contributed by atoms with E-state index >= 15 is 0 Å². The molecule has 1 unspecified atom stereocenters. The summed E-state index contributed by atoms with van der Waals surface area (Å²) in [5.74, 6) is 0. The van der Waals surface area contributed by atoms with Gasteiger partial charge in [0.05, 0.1) is 0 Å². The number of ether oxygens (including phenoxy) is 1. The van der Waals surface area contributed by atoms with Crippen molar-refractivity contribution in [1.82, 2.24) is 10.6 Å². The van der Waals surface area contributed by atoms with Gasteiger partial charge in [-0.05, 0) is 66.1 Å². The van der Waals surface area contributed by atoms with Crippen LogP contribution >= 0.6 is 11.3 Å². The molecule has 4 nitrogen and oxygen atoms in total. The monoisotopic (exact) mass is 312 g/mol. The van der Waals surface area contributed by atoms with Crippen molar-refractivity contribution in [2.45, 2.75) is 59.6 Å². The lowest BCUT2D eigenvalue weighted by molar-refractivity contribution is 0.0527. The van der Waals surface area contributed by atoms with Crippen LogP contribution in [0, 0.1) is 13.8 Å². The van der Waals surface area contributed by atoms with Crippen molar-refractivity contribution < 1.29 is 9.53 Å². The molecule has 1 aromatic heterocycles. The highest BCUT2D eigenvalue weighted by Crippen LogP contribution is 2.25. The first-order chi connectivity index (χ1) is 9.69. The van der Waals surface area contributed by atoms with Crippen LogP contribution in [0.3, 0.4) is 0 Å². The van der Waals surface area contributed by atoms with Gasteiger partial charge in [0.25, 0.3) is 0 Å². The van der Waals surface area contributed by atoms with E-state index in [1.807, 2.05) is 32.1 Å². The molecular weight excluding hydrogens is 284 g/mol. The fourth-order valence-corrected chi connectivity index (χ4v) is 3.12. The molecule has 1 amide bonds. The van der Waals surface area contributed by atoms with Gasteiger partial charge in [0.15, 0.2) is 0 Å². The third-order valence-corrected chi connectivity index (χ3v) is 4.00. The van der Waals surface area contributed by atoms with Crippen LogP contribution in [0.15, 0.2) is 6.07 Å². The van der Waals surface area contributed by atoms with E-state index < -0.39 is 5.60 Å². The molecular formula is C16H28N2O2S. The van der Waals surface area contributed by atoms with Gasteiger partial charge in [-0.1, -0.05) is 0 Å². The van der Waals surface area contributed by atoms with Gasteiger partial charge in [-0.3, -0.25) is 0 Å². The maximum absolute atomic E-state index is 11.5. The van der Waals surface area contributed by atoms with Crippen LogP contribution in [0.1, 0.15) is 55.5 Å². The number of carbonyl (C=O) groups is 1. The van der Waals surface area contributed by atoms with E-state index in [9.17, 15) is 4.79 Å². The summed E-state index contributed by atoms with van der Waals surface area (Å²) in [6, 6.07) is 2.59. The second-order valence-corrected chi connectivity index (χ2v) is 7.79. The zero-order chi connectivity index (χ0) is 16.0. The molecule has 0 fully saturated rings. The number of hydrogen-bond donors (Lipinski definition) is 2. The lowest BCUT2D eigenvalue weighted by Crippen LogP contribution is -2.34. The molecule has 0 spiro atoms. The molecule has 0 saturated carbocycles. The fourth-order valence-electron chi connectivity index (χ4n) is 2.10. The lowest BCUT2D eigenvalue weighted by Gasteiger charge is -2.19. The minimum Gasteiger partial charge on any atom is -0.444 e. The van der Waals surface area contributed by atoms with Crippen LogP contribution in [0.5, 0.6) is 0 Å². The topological polar surface area (TPSA) is 50.4 Å². The molecule has 5 heteroatoms. The predicted octanol–water partition coefficient (Wildman–Crippen LogP) is 3.93. The lowest BCUT2D eigenvalue weighted by atomic mass is 10.1. The van der Waals surface area contributed by atoms with Gasteiger partial charge < -0.3 is 15.4 Å². The Balaban J connectivity index is 2.20. The van der Waals surface area contributed by atoms with E-state index in [1.165, 1.54) is 15.3 Å². The molecule has 1 rings (SSSR count). The zero-order valence-corrected chi connectivity index (χ0v) is 14.8. The highest BCUT2D eigenvalue weighted by Gasteiger charge is 2.15. The highest BCUT2D eigenvalue weighted by atomic mass is 32.1. The summed E-state index contributed by atoms with van der Waals surface area (Å²) in [4.78, 5) is 14.2. The van der Waals surface area contributed by atoms with E-state index in [-0.39, 0.29) is 6.09 Å². The molecule has 0 bridgehead atoms. The Morgan fingerprint density at radius 2 is 2.00 bits per heavy atom. The van der Waals surface area contributed by atoms with Gasteiger partial charge in [0, 0.05) is 22.3 Å². The molecule has 1 aromatic rings. The molecule has 0 radical (unpaired) electrons. The fraction of sp³-hybridized carbons (Fsp3) is 0.688. The molecule has 21 heavy (non-hydrogen) atoms. The first-order valence-electron chi connectivity index (χ1n) is 7.46. The first-order valence-corrected chi connectivity index (χ1v) is 8.28. The second-order valence-electron chi connectivity index (χ2n) is 6.33. The van der Waals surface area contributed by atoms with Crippen LogP contribution in [-0.4, -0.2) is 24.8 Å². The van der Waals surface area contributed by atoms with Crippen LogP contribution in [0.4, 0.5) is 4.79 Å². The Morgan fingerprint density at radius 1 is 1.33 bits per heavy atom. The van der Waals surface area contributed by atoms with E-state index in [0.717, 1.165) is 13.0 Å². The molecule has 0 aliphatic heterocycles. The summed E-state index contributed by atoms with van der Waals surface area (Å²) in [5.41, 5.74) is 0.933. The molecule has 0 aliphatic carbocycles. The molecule has 1 atom stereocenters. The Kier molecular flexibility index (Phi) is 6.68. The third kappa shape index (κ3) is 6.96. The number of nitrogens with one attached hydrogen (secondary N) is 2. The van der Waals surface area contributed by atoms with Crippen LogP contribution in [0.2, 0.25) is 0 Å². The van der Waals surface area contributed by atoms with E-state index in [1.54, 1.807) is 0 Å². The van der Waals surface area contributed by atoms with Crippen LogP contribution in [0.25, 0.3) is 0 Å². The largest absolute Gasteiger partial charge is 0.444 e. The number of hydrogen-bond acceptors (Lipinski definition) is 4. The maximum Gasteiger partial charge on any atom is 0.407 e. The summed E-state index contributed by atoms with van der Waals surface area (Å²) in [7, 11) is 0. The van der Waals surface area contributed by atoms with Gasteiger partial charge in [-0.2, -0.15) is 0 Å². The second kappa shape index (κ2) is 7.80. The Bertz CT molecular complexity index is 463. The molecule has 1 heterocycles. The quantitative estimate of drug-likeness (QED) is 0.783. The molecule has 0 aliphatic rings. The minimum absolute atomic E-state index is 0.344. The summed E-state index contributed by atoms with van der Waals surface area (Å²) >= 11 is 1.84. The number of alkyl carbamates (subject to hydrolysis) is 1. The van der Waals surface area contributed by atoms with Crippen molar-refractivity contribution in [3.05, 3.63) is 21.4 Å². The van der Waals surface area contributed by atoms with E-state index in [0.29, 0.717) is 12.6 Å². The first kappa shape index (κ1) is 18.0. The Hall–Kier alpha value is -1.07. The number of carbonyl (C=O) groups excluding carboxylic acids is 1. The SMILES string of the molecule is Cc1cc(C(C)NCCCNC(=O)OC(C)(C)C)c(C)s1. The summed E-state index contributed by atoms with van der Waals surface area (Å²) < 4.78 is 5.18. The summed E-state index contributed by atoms with van der Waals surface area (Å²) in [6.07, 6.45) is 0.533. The molecule has 120 valence electrons. The van der Waals surface area contributed by atoms with Crippen molar-refractivity contribution in [3.8, 4) is 0 Å². The van der Waals surface area contributed by atoms with Gasteiger partial charge in [-0.15, -0.1) is 11.3 Å².